The van der Waals surface area contributed by atoms with E-state index in [9.17, 15) is 4.79 Å². The van der Waals surface area contributed by atoms with E-state index < -0.39 is 0 Å². The monoisotopic (exact) mass is 395 g/mol. The summed E-state index contributed by atoms with van der Waals surface area (Å²) in [5.41, 5.74) is 1.95. The molecule has 0 bridgehead atoms. The van der Waals surface area contributed by atoms with Gasteiger partial charge in [0.25, 0.3) is 0 Å². The van der Waals surface area contributed by atoms with Crippen LogP contribution in [0.5, 0.6) is 0 Å². The van der Waals surface area contributed by atoms with Gasteiger partial charge in [-0.25, -0.2) is 4.98 Å². The van der Waals surface area contributed by atoms with Crippen molar-refractivity contribution in [2.24, 2.45) is 7.05 Å². The zero-order chi connectivity index (χ0) is 20.6. The van der Waals surface area contributed by atoms with E-state index in [1.807, 2.05) is 30.1 Å². The number of para-hydroxylation sites is 2. The van der Waals surface area contributed by atoms with Crippen LogP contribution in [0.15, 0.2) is 28.8 Å². The van der Waals surface area contributed by atoms with E-state index in [2.05, 4.69) is 41.5 Å². The molecule has 154 valence electrons. The lowest BCUT2D eigenvalue weighted by Gasteiger charge is -2.24. The Bertz CT molecular complexity index is 1010. The van der Waals surface area contributed by atoms with E-state index in [1.54, 1.807) is 0 Å². The van der Waals surface area contributed by atoms with Gasteiger partial charge in [-0.15, -0.1) is 0 Å². The quantitative estimate of drug-likeness (QED) is 0.654. The van der Waals surface area contributed by atoms with Crippen LogP contribution in [-0.4, -0.2) is 37.0 Å². The van der Waals surface area contributed by atoms with Gasteiger partial charge in [0.15, 0.2) is 5.82 Å². The highest BCUT2D eigenvalue weighted by Gasteiger charge is 2.33. The number of aromatic nitrogens is 4. The van der Waals surface area contributed by atoms with Crippen LogP contribution in [0.25, 0.3) is 11.0 Å². The lowest BCUT2D eigenvalue weighted by Crippen LogP contribution is -2.31. The van der Waals surface area contributed by atoms with Gasteiger partial charge in [0, 0.05) is 31.8 Å². The average molecular weight is 396 g/mol. The number of hydrogen-bond acceptors (Lipinski definition) is 5. The van der Waals surface area contributed by atoms with Gasteiger partial charge in [0.05, 0.1) is 17.1 Å². The molecule has 0 unspecified atom stereocenters. The fourth-order valence-corrected chi connectivity index (χ4v) is 3.99. The van der Waals surface area contributed by atoms with Crippen LogP contribution >= 0.6 is 0 Å². The zero-order valence-corrected chi connectivity index (χ0v) is 17.7. The molecule has 7 heteroatoms. The van der Waals surface area contributed by atoms with Crippen LogP contribution in [0.2, 0.25) is 0 Å². The van der Waals surface area contributed by atoms with Gasteiger partial charge in [0.1, 0.15) is 5.82 Å². The number of hydrogen-bond donors (Lipinski definition) is 0. The lowest BCUT2D eigenvalue weighted by molar-refractivity contribution is -0.132. The Morgan fingerprint density at radius 3 is 2.76 bits per heavy atom. The number of fused-ring (bicyclic) bond motifs is 1. The molecule has 3 aromatic rings. The van der Waals surface area contributed by atoms with Gasteiger partial charge in [-0.3, -0.25) is 4.79 Å². The first-order valence-corrected chi connectivity index (χ1v) is 10.4. The van der Waals surface area contributed by atoms with Crippen LogP contribution in [-0.2, 0) is 23.7 Å². The van der Waals surface area contributed by atoms with E-state index >= 15 is 0 Å². The molecule has 0 N–H and O–H groups in total. The molecule has 1 aliphatic rings. The summed E-state index contributed by atoms with van der Waals surface area (Å²) in [7, 11) is 2.04. The highest BCUT2D eigenvalue weighted by Crippen LogP contribution is 2.33. The van der Waals surface area contributed by atoms with Gasteiger partial charge in [0.2, 0.25) is 11.8 Å². The average Bonchev–Trinajstić information content (AvgIpc) is 3.40. The fraction of sp³-hybridized carbons (Fsp3) is 0.545. The van der Waals surface area contributed by atoms with E-state index in [0.29, 0.717) is 31.0 Å². The molecule has 1 amide bonds. The summed E-state index contributed by atoms with van der Waals surface area (Å²) in [4.78, 5) is 24.2. The van der Waals surface area contributed by atoms with Gasteiger partial charge in [-0.1, -0.05) is 38.1 Å². The number of rotatable bonds is 5. The Balaban J connectivity index is 1.40. The first-order chi connectivity index (χ1) is 13.8. The summed E-state index contributed by atoms with van der Waals surface area (Å²) in [6.07, 6.45) is 3.78. The second kappa shape index (κ2) is 7.61. The SMILES string of the molecule is Cn1c([C@@H]2CCCN2C(=O)CCCc2nc(C(C)(C)C)no2)nc2ccccc21. The summed E-state index contributed by atoms with van der Waals surface area (Å²) in [5, 5.41) is 4.05. The summed E-state index contributed by atoms with van der Waals surface area (Å²) >= 11 is 0. The molecule has 0 aliphatic carbocycles. The lowest BCUT2D eigenvalue weighted by atomic mass is 9.96. The minimum Gasteiger partial charge on any atom is -0.339 e. The van der Waals surface area contributed by atoms with Crippen LogP contribution in [0.3, 0.4) is 0 Å². The van der Waals surface area contributed by atoms with Crippen molar-refractivity contribution >= 4 is 16.9 Å². The van der Waals surface area contributed by atoms with Crippen LogP contribution in [0, 0.1) is 0 Å². The smallest absolute Gasteiger partial charge is 0.226 e. The molecule has 1 fully saturated rings. The fourth-order valence-electron chi connectivity index (χ4n) is 3.99. The maximum Gasteiger partial charge on any atom is 0.226 e. The Hall–Kier alpha value is -2.70. The minimum atomic E-state index is -0.133. The van der Waals surface area contributed by atoms with Gasteiger partial charge < -0.3 is 14.0 Å². The van der Waals surface area contributed by atoms with E-state index in [1.165, 1.54) is 0 Å². The highest BCUT2D eigenvalue weighted by molar-refractivity contribution is 5.78. The van der Waals surface area contributed by atoms with E-state index in [0.717, 1.165) is 36.2 Å². The number of likely N-dealkylation sites (tertiary alicyclic amines) is 1. The third-order valence-corrected chi connectivity index (χ3v) is 5.61. The summed E-state index contributed by atoms with van der Waals surface area (Å²) in [6, 6.07) is 8.17. The van der Waals surface area contributed by atoms with Gasteiger partial charge in [-0.05, 0) is 31.4 Å². The Morgan fingerprint density at radius 1 is 1.24 bits per heavy atom. The van der Waals surface area contributed by atoms with Crippen molar-refractivity contribution in [3.05, 3.63) is 41.8 Å². The number of amides is 1. The first kappa shape index (κ1) is 19.6. The number of benzene rings is 1. The van der Waals surface area contributed by atoms with Crippen molar-refractivity contribution < 1.29 is 9.32 Å². The molecule has 3 heterocycles. The maximum absolute atomic E-state index is 12.9. The molecular weight excluding hydrogens is 366 g/mol. The predicted molar refractivity (Wildman–Crippen MR) is 110 cm³/mol. The van der Waals surface area contributed by atoms with Crippen molar-refractivity contribution in [1.82, 2.24) is 24.6 Å². The Morgan fingerprint density at radius 2 is 2.03 bits per heavy atom. The van der Waals surface area contributed by atoms with E-state index in [4.69, 9.17) is 9.51 Å². The van der Waals surface area contributed by atoms with Crippen LogP contribution < -0.4 is 0 Å². The second-order valence-electron chi connectivity index (χ2n) is 8.88. The van der Waals surface area contributed by atoms with Crippen molar-refractivity contribution in [3.63, 3.8) is 0 Å². The number of aryl methyl sites for hydroxylation is 2. The highest BCUT2D eigenvalue weighted by atomic mass is 16.5. The van der Waals surface area contributed by atoms with Crippen LogP contribution in [0.1, 0.15) is 70.0 Å². The number of imidazole rings is 1. The summed E-state index contributed by atoms with van der Waals surface area (Å²) < 4.78 is 7.46. The number of carbonyl (C=O) groups is 1. The Labute approximate surface area is 171 Å². The molecular formula is C22H29N5O2. The molecule has 2 aromatic heterocycles. The third kappa shape index (κ3) is 3.91. The van der Waals surface area contributed by atoms with Crippen molar-refractivity contribution in [1.29, 1.82) is 0 Å². The second-order valence-corrected chi connectivity index (χ2v) is 8.88. The molecule has 1 atom stereocenters. The van der Waals surface area contributed by atoms with Crippen molar-refractivity contribution in [2.75, 3.05) is 6.54 Å². The maximum atomic E-state index is 12.9. The summed E-state index contributed by atoms with van der Waals surface area (Å²) in [5.74, 6) is 2.47. The summed E-state index contributed by atoms with van der Waals surface area (Å²) in [6.45, 7) is 6.96. The molecule has 1 aromatic carbocycles. The van der Waals surface area contributed by atoms with Gasteiger partial charge in [-0.2, -0.15) is 4.98 Å². The number of carbonyl (C=O) groups excluding carboxylic acids is 1. The normalized spacial score (nSPS) is 17.4. The third-order valence-electron chi connectivity index (χ3n) is 5.61. The molecule has 4 rings (SSSR count). The molecule has 29 heavy (non-hydrogen) atoms. The largest absolute Gasteiger partial charge is 0.339 e. The van der Waals surface area contributed by atoms with E-state index in [-0.39, 0.29) is 17.4 Å². The Kier molecular flexibility index (Phi) is 5.15. The molecule has 1 saturated heterocycles. The molecule has 0 saturated carbocycles. The molecule has 0 spiro atoms. The van der Waals surface area contributed by atoms with Gasteiger partial charge >= 0.3 is 0 Å². The molecule has 0 radical (unpaired) electrons. The zero-order valence-electron chi connectivity index (χ0n) is 17.7. The first-order valence-electron chi connectivity index (χ1n) is 10.4. The van der Waals surface area contributed by atoms with Crippen LogP contribution in [0.4, 0.5) is 0 Å². The molecule has 1 aliphatic heterocycles. The topological polar surface area (TPSA) is 77.0 Å². The number of nitrogens with zero attached hydrogens (tertiary/aromatic N) is 5. The standard InChI is InChI=1S/C22H29N5O2/c1-22(2,3)21-24-18(29-25-21)12-7-13-19(28)27-14-8-11-17(27)20-23-15-9-5-6-10-16(15)26(20)4/h5-6,9-10,17H,7-8,11-14H2,1-4H3/t17-/m0/s1. The predicted octanol–water partition coefficient (Wildman–Crippen LogP) is 3.94. The molecule has 7 nitrogen and oxygen atoms in total. The van der Waals surface area contributed by atoms with Crippen molar-refractivity contribution in [3.8, 4) is 0 Å². The van der Waals surface area contributed by atoms with Crippen molar-refractivity contribution in [2.45, 2.75) is 64.3 Å². The minimum absolute atomic E-state index is 0.0517.